The van der Waals surface area contributed by atoms with E-state index in [1.54, 1.807) is 0 Å². The van der Waals surface area contributed by atoms with Crippen LogP contribution < -0.4 is 0 Å². The van der Waals surface area contributed by atoms with Crippen LogP contribution in [0.4, 0.5) is 0 Å². The van der Waals surface area contributed by atoms with Crippen molar-refractivity contribution in [2.24, 2.45) is 10.9 Å². The third kappa shape index (κ3) is 4.75. The number of hydrogen-bond acceptors (Lipinski definition) is 2. The molecule has 2 atom stereocenters. The van der Waals surface area contributed by atoms with Gasteiger partial charge < -0.3 is 5.11 Å². The predicted octanol–water partition coefficient (Wildman–Crippen LogP) is 3.38. The first-order valence-electron chi connectivity index (χ1n) is 5.82. The molecule has 0 aliphatic heterocycles. The summed E-state index contributed by atoms with van der Waals surface area (Å²) in [4.78, 5) is 4.57. The lowest BCUT2D eigenvalue weighted by Gasteiger charge is -2.23. The molecule has 2 unspecified atom stereocenters. The van der Waals surface area contributed by atoms with E-state index in [4.69, 9.17) is 5.11 Å². The van der Waals surface area contributed by atoms with Crippen molar-refractivity contribution in [2.45, 2.75) is 47.1 Å². The van der Waals surface area contributed by atoms with Crippen molar-refractivity contribution >= 4 is 5.71 Å². The molecule has 0 amide bonds. The Morgan fingerprint density at radius 2 is 1.81 bits per heavy atom. The summed E-state index contributed by atoms with van der Waals surface area (Å²) < 4.78 is 0. The first-order valence-corrected chi connectivity index (χ1v) is 5.82. The molecule has 0 fully saturated rings. The highest BCUT2D eigenvalue weighted by molar-refractivity contribution is 5.79. The Hall–Kier alpha value is -0.890. The van der Waals surface area contributed by atoms with E-state index in [1.165, 1.54) is 11.1 Å². The summed E-state index contributed by atoms with van der Waals surface area (Å²) in [5, 5.41) is 9.14. The minimum absolute atomic E-state index is 0.0760. The molecule has 0 rings (SSSR count). The average molecular weight is 223 g/mol. The van der Waals surface area contributed by atoms with E-state index in [2.05, 4.69) is 32.3 Å². The Labute approximate surface area is 99.8 Å². The Morgan fingerprint density at radius 3 is 2.12 bits per heavy atom. The molecule has 0 saturated carbocycles. The molecule has 92 valence electrons. The highest BCUT2D eigenvalue weighted by atomic mass is 16.3. The van der Waals surface area contributed by atoms with E-state index < -0.39 is 0 Å². The maximum Gasteiger partial charge on any atom is 0.0742 e. The monoisotopic (exact) mass is 223 g/mol. The molecule has 2 heteroatoms. The van der Waals surface area contributed by atoms with Gasteiger partial charge in [0, 0.05) is 18.2 Å². The molecule has 0 radical (unpaired) electrons. The summed E-state index contributed by atoms with van der Waals surface area (Å²) in [5.74, 6) is 0.266. The summed E-state index contributed by atoms with van der Waals surface area (Å²) in [6, 6.07) is 0.0760. The number of aliphatic hydroxyl groups is 1. The van der Waals surface area contributed by atoms with Crippen LogP contribution in [0.2, 0.25) is 0 Å². The number of hydrogen-bond donors (Lipinski definition) is 1. The van der Waals surface area contributed by atoms with Gasteiger partial charge in [0.1, 0.15) is 0 Å². The zero-order chi connectivity index (χ0) is 12.7. The Kier molecular flexibility index (Phi) is 6.98. The fourth-order valence-electron chi connectivity index (χ4n) is 1.76. The van der Waals surface area contributed by atoms with Gasteiger partial charge >= 0.3 is 0 Å². The van der Waals surface area contributed by atoms with Crippen LogP contribution in [-0.4, -0.2) is 23.5 Å². The van der Waals surface area contributed by atoms with Gasteiger partial charge in [-0.1, -0.05) is 17.2 Å². The lowest BCUT2D eigenvalue weighted by Crippen LogP contribution is -2.20. The number of aliphatic imine (C=N–C) groups is 1. The van der Waals surface area contributed by atoms with E-state index in [1.807, 2.05) is 19.9 Å². The number of allylic oxidation sites excluding steroid dienone is 1. The van der Waals surface area contributed by atoms with Crippen LogP contribution in [0.3, 0.4) is 0 Å². The Bertz CT molecular complexity index is 281. The average Bonchev–Trinajstić information content (AvgIpc) is 2.21. The van der Waals surface area contributed by atoms with E-state index >= 15 is 0 Å². The Balaban J connectivity index is 5.09. The van der Waals surface area contributed by atoms with Gasteiger partial charge in [-0.2, -0.15) is 0 Å². The SMILES string of the molecule is C=CC(N=C(C)C)C(CCO)C(C)=C(C)C. The number of rotatable bonds is 6. The normalized spacial score (nSPS) is 13.9. The molecule has 0 heterocycles. The van der Waals surface area contributed by atoms with Gasteiger partial charge in [-0.3, -0.25) is 4.99 Å². The molecule has 0 saturated heterocycles. The van der Waals surface area contributed by atoms with Crippen LogP contribution in [0.15, 0.2) is 28.8 Å². The lowest BCUT2D eigenvalue weighted by molar-refractivity contribution is 0.261. The highest BCUT2D eigenvalue weighted by Gasteiger charge is 2.19. The van der Waals surface area contributed by atoms with Crippen LogP contribution >= 0.6 is 0 Å². The second-order valence-corrected chi connectivity index (χ2v) is 4.60. The van der Waals surface area contributed by atoms with Gasteiger partial charge in [0.2, 0.25) is 0 Å². The van der Waals surface area contributed by atoms with Crippen molar-refractivity contribution in [3.63, 3.8) is 0 Å². The zero-order valence-electron chi connectivity index (χ0n) is 11.2. The molecular formula is C14H25NO. The fraction of sp³-hybridized carbons (Fsp3) is 0.643. The van der Waals surface area contributed by atoms with Gasteiger partial charge in [0.05, 0.1) is 6.04 Å². The smallest absolute Gasteiger partial charge is 0.0742 e. The van der Waals surface area contributed by atoms with E-state index in [0.29, 0.717) is 0 Å². The molecule has 0 aliphatic carbocycles. The first-order chi connectivity index (χ1) is 7.43. The number of nitrogens with zero attached hydrogens (tertiary/aromatic N) is 1. The van der Waals surface area contributed by atoms with E-state index in [0.717, 1.165) is 12.1 Å². The topological polar surface area (TPSA) is 32.6 Å². The molecule has 0 aliphatic rings. The third-order valence-corrected chi connectivity index (χ3v) is 2.85. The third-order valence-electron chi connectivity index (χ3n) is 2.85. The second kappa shape index (κ2) is 7.39. The van der Waals surface area contributed by atoms with E-state index in [9.17, 15) is 0 Å². The second-order valence-electron chi connectivity index (χ2n) is 4.60. The van der Waals surface area contributed by atoms with Crippen molar-refractivity contribution in [3.8, 4) is 0 Å². The molecule has 0 spiro atoms. The number of aliphatic hydroxyl groups excluding tert-OH is 1. The van der Waals surface area contributed by atoms with Crippen LogP contribution in [0.5, 0.6) is 0 Å². The van der Waals surface area contributed by atoms with Gasteiger partial charge in [-0.05, 0) is 41.0 Å². The largest absolute Gasteiger partial charge is 0.396 e. The Morgan fingerprint density at radius 1 is 1.25 bits per heavy atom. The zero-order valence-corrected chi connectivity index (χ0v) is 11.2. The molecule has 0 aromatic rings. The molecule has 16 heavy (non-hydrogen) atoms. The van der Waals surface area contributed by atoms with Crippen molar-refractivity contribution in [3.05, 3.63) is 23.8 Å². The van der Waals surface area contributed by atoms with Crippen LogP contribution in [-0.2, 0) is 0 Å². The lowest BCUT2D eigenvalue weighted by atomic mass is 9.87. The summed E-state index contributed by atoms with van der Waals surface area (Å²) in [5.41, 5.74) is 3.66. The quantitative estimate of drug-likeness (QED) is 0.543. The molecule has 1 N–H and O–H groups in total. The van der Waals surface area contributed by atoms with Crippen LogP contribution in [0.25, 0.3) is 0 Å². The maximum absolute atomic E-state index is 9.14. The van der Waals surface area contributed by atoms with Gasteiger partial charge in [-0.15, -0.1) is 6.58 Å². The molecular weight excluding hydrogens is 198 g/mol. The van der Waals surface area contributed by atoms with Crippen molar-refractivity contribution in [2.75, 3.05) is 6.61 Å². The minimum atomic E-state index is 0.0760. The van der Waals surface area contributed by atoms with E-state index in [-0.39, 0.29) is 18.6 Å². The molecule has 0 aromatic heterocycles. The van der Waals surface area contributed by atoms with Crippen LogP contribution in [0.1, 0.15) is 41.0 Å². The van der Waals surface area contributed by atoms with Gasteiger partial charge in [0.15, 0.2) is 0 Å². The molecule has 2 nitrogen and oxygen atoms in total. The molecule has 0 aromatic carbocycles. The highest BCUT2D eigenvalue weighted by Crippen LogP contribution is 2.25. The summed E-state index contributed by atoms with van der Waals surface area (Å²) in [6.45, 7) is 14.3. The fourth-order valence-corrected chi connectivity index (χ4v) is 1.76. The standard InChI is InChI=1S/C14H25NO/c1-7-14(15-11(4)5)13(8-9-16)12(6)10(2)3/h7,13-14,16H,1,8-9H2,2-6H3. The maximum atomic E-state index is 9.14. The minimum Gasteiger partial charge on any atom is -0.396 e. The van der Waals surface area contributed by atoms with Crippen molar-refractivity contribution in [1.82, 2.24) is 0 Å². The van der Waals surface area contributed by atoms with Gasteiger partial charge in [-0.25, -0.2) is 0 Å². The van der Waals surface area contributed by atoms with Crippen molar-refractivity contribution in [1.29, 1.82) is 0 Å². The summed E-state index contributed by atoms with van der Waals surface area (Å²) in [6.07, 6.45) is 2.62. The predicted molar refractivity (Wildman–Crippen MR) is 72.0 cm³/mol. The summed E-state index contributed by atoms with van der Waals surface area (Å²) in [7, 11) is 0. The van der Waals surface area contributed by atoms with Gasteiger partial charge in [0.25, 0.3) is 0 Å². The summed E-state index contributed by atoms with van der Waals surface area (Å²) >= 11 is 0. The first kappa shape index (κ1) is 15.1. The molecule has 0 bridgehead atoms. The van der Waals surface area contributed by atoms with Crippen LogP contribution in [0, 0.1) is 5.92 Å². The van der Waals surface area contributed by atoms with Crippen molar-refractivity contribution < 1.29 is 5.11 Å².